The summed E-state index contributed by atoms with van der Waals surface area (Å²) >= 11 is 0. The highest BCUT2D eigenvalue weighted by Gasteiger charge is 2.20. The van der Waals surface area contributed by atoms with Crippen LogP contribution in [-0.4, -0.2) is 9.67 Å². The molecule has 2 aromatic rings. The summed E-state index contributed by atoms with van der Waals surface area (Å²) in [5.41, 5.74) is 0.666. The molecule has 0 unspecified atom stereocenters. The average molecular weight is 274 g/mol. The van der Waals surface area contributed by atoms with Gasteiger partial charge in [0.25, 0.3) is 5.69 Å². The van der Waals surface area contributed by atoms with E-state index in [0.717, 1.165) is 5.56 Å². The van der Waals surface area contributed by atoms with Gasteiger partial charge in [-0.2, -0.15) is 0 Å². The van der Waals surface area contributed by atoms with Gasteiger partial charge < -0.3 is 10.3 Å². The fourth-order valence-electron chi connectivity index (χ4n) is 2.10. The van der Waals surface area contributed by atoms with Gasteiger partial charge in [-0.25, -0.2) is 0 Å². The Hall–Kier alpha value is -2.30. The molecule has 20 heavy (non-hydrogen) atoms. The Balaban J connectivity index is 2.44. The van der Waals surface area contributed by atoms with Crippen molar-refractivity contribution >= 4 is 0 Å². The van der Waals surface area contributed by atoms with Gasteiger partial charge in [0.05, 0.1) is 6.54 Å². The number of rotatable bonds is 4. The van der Waals surface area contributed by atoms with E-state index in [0.29, 0.717) is 17.7 Å². The zero-order valence-electron chi connectivity index (χ0n) is 11.6. The van der Waals surface area contributed by atoms with Crippen LogP contribution in [0.1, 0.15) is 25.1 Å². The van der Waals surface area contributed by atoms with E-state index in [4.69, 9.17) is 0 Å². The van der Waals surface area contributed by atoms with Gasteiger partial charge >= 0.3 is 11.4 Å². The minimum Gasteiger partial charge on any atom is -0.616 e. The van der Waals surface area contributed by atoms with Crippen LogP contribution in [-0.2, 0) is 13.0 Å². The Bertz CT molecular complexity index is 648. The third-order valence-corrected chi connectivity index (χ3v) is 3.03. The second-order valence-electron chi connectivity index (χ2n) is 5.24. The first kappa shape index (κ1) is 14.1. The fraction of sp³-hybridized carbons (Fsp3) is 0.333. The summed E-state index contributed by atoms with van der Waals surface area (Å²) in [5.74, 6) is -0.286. The highest BCUT2D eigenvalue weighted by Crippen LogP contribution is 2.07. The first-order chi connectivity index (χ1) is 9.49. The Labute approximate surface area is 117 Å². The van der Waals surface area contributed by atoms with Crippen molar-refractivity contribution in [3.63, 3.8) is 0 Å². The molecule has 1 heterocycles. The third kappa shape index (κ3) is 2.99. The zero-order chi connectivity index (χ0) is 14.7. The van der Waals surface area contributed by atoms with E-state index in [1.54, 1.807) is 0 Å². The summed E-state index contributed by atoms with van der Waals surface area (Å²) in [6, 6.07) is 9.44. The second kappa shape index (κ2) is 5.77. The van der Waals surface area contributed by atoms with Crippen molar-refractivity contribution in [2.45, 2.75) is 26.8 Å². The van der Waals surface area contributed by atoms with Crippen molar-refractivity contribution < 1.29 is 9.84 Å². The fourth-order valence-corrected chi connectivity index (χ4v) is 2.10. The molecule has 0 aliphatic carbocycles. The normalized spacial score (nSPS) is 10.9. The van der Waals surface area contributed by atoms with E-state index in [1.165, 1.54) is 10.8 Å². The monoisotopic (exact) mass is 274 g/mol. The summed E-state index contributed by atoms with van der Waals surface area (Å²) in [4.78, 5) is 12.3. The molecule has 0 atom stereocenters. The summed E-state index contributed by atoms with van der Waals surface area (Å²) in [6.07, 6.45) is 1.53. The van der Waals surface area contributed by atoms with Gasteiger partial charge in [-0.1, -0.05) is 44.2 Å². The number of aromatic nitrogens is 2. The summed E-state index contributed by atoms with van der Waals surface area (Å²) in [7, 11) is 0. The van der Waals surface area contributed by atoms with Crippen LogP contribution < -0.4 is 10.3 Å². The molecule has 0 bridgehead atoms. The van der Waals surface area contributed by atoms with Gasteiger partial charge in [0.2, 0.25) is 0 Å². The minimum atomic E-state index is -0.448. The maximum absolute atomic E-state index is 12.3. The van der Waals surface area contributed by atoms with E-state index in [1.807, 2.05) is 44.2 Å². The Morgan fingerprint density at radius 2 is 1.95 bits per heavy atom. The highest BCUT2D eigenvalue weighted by atomic mass is 16.5. The summed E-state index contributed by atoms with van der Waals surface area (Å²) < 4.78 is 1.70. The molecule has 2 rings (SSSR count). The number of nitrogens with zero attached hydrogens (tertiary/aromatic N) is 2. The Morgan fingerprint density at radius 3 is 2.55 bits per heavy atom. The zero-order valence-corrected chi connectivity index (χ0v) is 11.6. The van der Waals surface area contributed by atoms with Crippen LogP contribution in [0.5, 0.6) is 5.88 Å². The molecular formula is C15H18N2O3. The predicted molar refractivity (Wildman–Crippen MR) is 75.4 cm³/mol. The van der Waals surface area contributed by atoms with Crippen LogP contribution in [0.25, 0.3) is 0 Å². The molecule has 0 amide bonds. The topological polar surface area (TPSA) is 69.2 Å². The van der Waals surface area contributed by atoms with E-state index < -0.39 is 5.88 Å². The van der Waals surface area contributed by atoms with Crippen LogP contribution in [0.15, 0.2) is 41.3 Å². The van der Waals surface area contributed by atoms with Crippen molar-refractivity contribution in [1.82, 2.24) is 4.57 Å². The minimum absolute atomic E-state index is 0.0796. The summed E-state index contributed by atoms with van der Waals surface area (Å²) in [5, 5.41) is 21.5. The van der Waals surface area contributed by atoms with Crippen LogP contribution in [0.2, 0.25) is 0 Å². The molecule has 0 aliphatic heterocycles. The first-order valence-electron chi connectivity index (χ1n) is 6.57. The van der Waals surface area contributed by atoms with Gasteiger partial charge in [-0.15, -0.1) is 4.73 Å². The molecule has 1 N–H and O–H groups in total. The second-order valence-corrected chi connectivity index (χ2v) is 5.24. The molecule has 106 valence electrons. The van der Waals surface area contributed by atoms with Crippen molar-refractivity contribution in [2.24, 2.45) is 5.92 Å². The molecule has 0 saturated heterocycles. The van der Waals surface area contributed by atoms with Gasteiger partial charge in [-0.05, 0) is 11.5 Å². The van der Waals surface area contributed by atoms with Gasteiger partial charge in [0, 0.05) is 6.42 Å². The standard InChI is InChI=1S/C15H18N2O3/c1-11(2)8-13-15(19)16(10-14(18)17(13)20)9-12-6-4-3-5-7-12/h3-7,10-11,18H,8-9H2,1-2H3. The van der Waals surface area contributed by atoms with Crippen molar-refractivity contribution in [1.29, 1.82) is 0 Å². The van der Waals surface area contributed by atoms with Crippen LogP contribution >= 0.6 is 0 Å². The van der Waals surface area contributed by atoms with Gasteiger partial charge in [0.1, 0.15) is 6.20 Å². The largest absolute Gasteiger partial charge is 0.616 e. The van der Waals surface area contributed by atoms with Crippen molar-refractivity contribution in [3.8, 4) is 5.88 Å². The maximum Gasteiger partial charge on any atom is 0.394 e. The molecule has 0 radical (unpaired) electrons. The number of aromatic hydroxyl groups is 1. The van der Waals surface area contributed by atoms with Crippen LogP contribution in [0.4, 0.5) is 0 Å². The lowest BCUT2D eigenvalue weighted by atomic mass is 10.1. The number of hydrogen-bond donors (Lipinski definition) is 1. The number of benzene rings is 1. The SMILES string of the molecule is CC(C)Cc1c(=O)n(Cc2ccccc2)cc(O)[n+]1[O-]. The Kier molecular flexibility index (Phi) is 4.08. The average Bonchev–Trinajstić information content (AvgIpc) is 2.42. The molecule has 5 nitrogen and oxygen atoms in total. The van der Waals surface area contributed by atoms with Crippen LogP contribution in [0, 0.1) is 11.1 Å². The predicted octanol–water partition coefficient (Wildman–Crippen LogP) is 1.43. The van der Waals surface area contributed by atoms with Crippen LogP contribution in [0.3, 0.4) is 0 Å². The van der Waals surface area contributed by atoms with E-state index >= 15 is 0 Å². The lowest BCUT2D eigenvalue weighted by Gasteiger charge is -2.11. The lowest BCUT2D eigenvalue weighted by Crippen LogP contribution is -2.43. The first-order valence-corrected chi connectivity index (χ1v) is 6.57. The third-order valence-electron chi connectivity index (χ3n) is 3.03. The van der Waals surface area contributed by atoms with Gasteiger partial charge in [-0.3, -0.25) is 9.36 Å². The molecule has 0 saturated carbocycles. The molecule has 5 heteroatoms. The molecule has 0 fully saturated rings. The van der Waals surface area contributed by atoms with E-state index in [9.17, 15) is 15.1 Å². The highest BCUT2D eigenvalue weighted by molar-refractivity contribution is 5.16. The van der Waals surface area contributed by atoms with E-state index in [2.05, 4.69) is 0 Å². The van der Waals surface area contributed by atoms with Crippen molar-refractivity contribution in [3.05, 3.63) is 63.3 Å². The Morgan fingerprint density at radius 1 is 1.30 bits per heavy atom. The quantitative estimate of drug-likeness (QED) is 0.677. The van der Waals surface area contributed by atoms with Crippen molar-refractivity contribution in [2.75, 3.05) is 0 Å². The van der Waals surface area contributed by atoms with E-state index in [-0.39, 0.29) is 17.2 Å². The molecule has 1 aromatic heterocycles. The lowest BCUT2D eigenvalue weighted by molar-refractivity contribution is -0.623. The molecule has 0 spiro atoms. The molecular weight excluding hydrogens is 256 g/mol. The summed E-state index contributed by atoms with van der Waals surface area (Å²) in [6.45, 7) is 4.18. The molecule has 0 aliphatic rings. The van der Waals surface area contributed by atoms with Gasteiger partial charge in [0.15, 0.2) is 0 Å². The maximum atomic E-state index is 12.3. The number of hydrogen-bond acceptors (Lipinski definition) is 3. The smallest absolute Gasteiger partial charge is 0.394 e. The molecule has 1 aromatic carbocycles.